The zero-order valence-corrected chi connectivity index (χ0v) is 34.5. The molecule has 12 rings (SSSR count). The summed E-state index contributed by atoms with van der Waals surface area (Å²) >= 11 is 0. The number of aromatic nitrogens is 10. The van der Waals surface area contributed by atoms with Crippen molar-refractivity contribution in [1.82, 2.24) is 49.0 Å². The van der Waals surface area contributed by atoms with Gasteiger partial charge in [-0.1, -0.05) is 6.07 Å². The molecule has 0 aliphatic carbocycles. The van der Waals surface area contributed by atoms with Gasteiger partial charge in [0.2, 0.25) is 0 Å². The maximum absolute atomic E-state index is 16.0. The van der Waals surface area contributed by atoms with Crippen molar-refractivity contribution in [2.24, 2.45) is 0 Å². The van der Waals surface area contributed by atoms with E-state index in [-0.39, 0.29) is 5.56 Å². The monoisotopic (exact) mass is 846 g/mol. The molecule has 0 saturated heterocycles. The summed E-state index contributed by atoms with van der Waals surface area (Å²) in [6.45, 7) is 1.89. The van der Waals surface area contributed by atoms with Gasteiger partial charge in [0.25, 0.3) is 0 Å². The lowest BCUT2D eigenvalue weighted by Crippen LogP contribution is -2.06. The lowest BCUT2D eigenvalue weighted by molar-refractivity contribution is 0.589. The van der Waals surface area contributed by atoms with Gasteiger partial charge in [0, 0.05) is 93.4 Å². The van der Waals surface area contributed by atoms with Gasteiger partial charge in [-0.2, -0.15) is 0 Å². The molecular formula is C53H32F2N10. The van der Waals surface area contributed by atoms with Crippen LogP contribution < -0.4 is 0 Å². The highest BCUT2D eigenvalue weighted by Crippen LogP contribution is 2.44. The van der Waals surface area contributed by atoms with Gasteiger partial charge in [0.05, 0.1) is 39.0 Å². The average molecular weight is 847 g/mol. The van der Waals surface area contributed by atoms with Crippen molar-refractivity contribution in [2.75, 3.05) is 0 Å². The Balaban J connectivity index is 1.20. The molecule has 10 nitrogen and oxygen atoms in total. The molecule has 0 amide bonds. The summed E-state index contributed by atoms with van der Waals surface area (Å²) in [7, 11) is 0. The molecule has 308 valence electrons. The molecule has 6 aromatic heterocycles. The van der Waals surface area contributed by atoms with Crippen molar-refractivity contribution >= 4 is 43.6 Å². The van der Waals surface area contributed by atoms with Crippen molar-refractivity contribution in [3.8, 4) is 68.1 Å². The molecule has 0 saturated carbocycles. The second kappa shape index (κ2) is 15.2. The molecule has 0 fully saturated rings. The quantitative estimate of drug-likeness (QED) is 0.156. The number of hydrogen-bond donors (Lipinski definition) is 0. The molecule has 12 heteroatoms. The maximum Gasteiger partial charge on any atom is 0.159 e. The molecule has 65 heavy (non-hydrogen) atoms. The third-order valence-corrected chi connectivity index (χ3v) is 11.9. The van der Waals surface area contributed by atoms with Crippen molar-refractivity contribution in [3.63, 3.8) is 0 Å². The van der Waals surface area contributed by atoms with E-state index < -0.39 is 11.6 Å². The molecule has 12 aromatic rings. The summed E-state index contributed by atoms with van der Waals surface area (Å²) in [6, 6.07) is 39.7. The maximum atomic E-state index is 16.0. The fourth-order valence-electron chi connectivity index (χ4n) is 8.98. The van der Waals surface area contributed by atoms with Crippen LogP contribution in [-0.4, -0.2) is 49.0 Å². The standard InChI is InChI=1S/C53H32F2N10/c1-31-25-47(64-43-13-9-32(50-56-17-3-18-57-50)26-37(43)38-27-33(10-14-44(38)64)51-58-19-4-20-59-51)48(30-36(31)49-41(54)7-2-8-42(49)55)65-45-15-11-34(52-60-21-5-22-61-52)28-39(45)40-29-35(12-16-46(40)65)53-62-23-6-24-63-53/h2-30H,1H3. The van der Waals surface area contributed by atoms with Gasteiger partial charge in [-0.25, -0.2) is 48.7 Å². The minimum Gasteiger partial charge on any atom is -0.307 e. The number of hydrogen-bond acceptors (Lipinski definition) is 8. The van der Waals surface area contributed by atoms with Crippen LogP contribution in [0.2, 0.25) is 0 Å². The minimum atomic E-state index is -0.655. The SMILES string of the molecule is Cc1cc(-n2c3ccc(-c4ncccn4)cc3c3cc(-c4ncccn4)ccc32)c(-n2c3ccc(-c4ncccn4)cc3c3cc(-c4ncccn4)ccc32)cc1-c1c(F)cccc1F. The number of fused-ring (bicyclic) bond motifs is 6. The van der Waals surface area contributed by atoms with E-state index in [0.717, 1.165) is 71.6 Å². The van der Waals surface area contributed by atoms with E-state index in [1.807, 2.05) is 43.3 Å². The van der Waals surface area contributed by atoms with E-state index >= 15 is 8.78 Å². The van der Waals surface area contributed by atoms with Gasteiger partial charge in [-0.15, -0.1) is 0 Å². The summed E-state index contributed by atoms with van der Waals surface area (Å²) in [4.78, 5) is 36.5. The van der Waals surface area contributed by atoms with Crippen LogP contribution in [0.4, 0.5) is 8.78 Å². The zero-order valence-electron chi connectivity index (χ0n) is 34.5. The van der Waals surface area contributed by atoms with Crippen LogP contribution in [0.25, 0.3) is 112 Å². The molecule has 6 aromatic carbocycles. The van der Waals surface area contributed by atoms with Crippen molar-refractivity contribution in [3.05, 3.63) is 194 Å². The summed E-state index contributed by atoms with van der Waals surface area (Å²) < 4.78 is 36.3. The highest BCUT2D eigenvalue weighted by Gasteiger charge is 2.25. The number of rotatable bonds is 7. The van der Waals surface area contributed by atoms with Gasteiger partial charge in [0.1, 0.15) is 11.6 Å². The van der Waals surface area contributed by atoms with Crippen molar-refractivity contribution < 1.29 is 8.78 Å². The third-order valence-electron chi connectivity index (χ3n) is 11.9. The van der Waals surface area contributed by atoms with Gasteiger partial charge in [-0.3, -0.25) is 0 Å². The lowest BCUT2D eigenvalue weighted by atomic mass is 9.97. The number of benzene rings is 6. The van der Waals surface area contributed by atoms with E-state index in [0.29, 0.717) is 40.1 Å². The molecule has 0 bridgehead atoms. The Hall–Kier alpha value is -8.90. The fraction of sp³-hybridized carbons (Fsp3) is 0.0189. The highest BCUT2D eigenvalue weighted by atomic mass is 19.1. The smallest absolute Gasteiger partial charge is 0.159 e. The minimum absolute atomic E-state index is 0.104. The molecule has 0 atom stereocenters. The Bertz CT molecular complexity index is 3590. The first-order valence-corrected chi connectivity index (χ1v) is 20.8. The van der Waals surface area contributed by atoms with E-state index in [9.17, 15) is 0 Å². The Morgan fingerprint density at radius 3 is 0.985 bits per heavy atom. The van der Waals surface area contributed by atoms with Crippen LogP contribution >= 0.6 is 0 Å². The predicted octanol–water partition coefficient (Wildman–Crippen LogP) is 12.0. The predicted molar refractivity (Wildman–Crippen MR) is 249 cm³/mol. The average Bonchev–Trinajstić information content (AvgIpc) is 3.86. The van der Waals surface area contributed by atoms with Gasteiger partial charge < -0.3 is 9.13 Å². The first kappa shape index (κ1) is 37.8. The summed E-state index contributed by atoms with van der Waals surface area (Å²) in [5.41, 5.74) is 9.30. The van der Waals surface area contributed by atoms with E-state index in [4.69, 9.17) is 0 Å². The van der Waals surface area contributed by atoms with E-state index in [2.05, 4.69) is 97.5 Å². The van der Waals surface area contributed by atoms with Crippen LogP contribution in [0.3, 0.4) is 0 Å². The topological polar surface area (TPSA) is 113 Å². The normalized spacial score (nSPS) is 11.6. The zero-order chi connectivity index (χ0) is 43.6. The molecule has 0 spiro atoms. The molecule has 0 radical (unpaired) electrons. The van der Waals surface area contributed by atoms with Crippen LogP contribution in [0, 0.1) is 18.6 Å². The van der Waals surface area contributed by atoms with Crippen LogP contribution in [0.15, 0.2) is 177 Å². The second-order valence-corrected chi connectivity index (χ2v) is 15.6. The Morgan fingerprint density at radius 2 is 0.662 bits per heavy atom. The molecule has 0 aliphatic rings. The molecule has 0 unspecified atom stereocenters. The third kappa shape index (κ3) is 6.29. The van der Waals surface area contributed by atoms with Crippen LogP contribution in [0.1, 0.15) is 5.56 Å². The Labute approximate surface area is 369 Å². The number of aryl methyl sites for hydroxylation is 1. The number of halogens is 2. The Kier molecular flexibility index (Phi) is 8.83. The van der Waals surface area contributed by atoms with Gasteiger partial charge >= 0.3 is 0 Å². The van der Waals surface area contributed by atoms with Crippen LogP contribution in [-0.2, 0) is 0 Å². The molecule has 0 N–H and O–H groups in total. The second-order valence-electron chi connectivity index (χ2n) is 15.6. The summed E-state index contributed by atoms with van der Waals surface area (Å²) in [5, 5.41) is 3.71. The van der Waals surface area contributed by atoms with Crippen LogP contribution in [0.5, 0.6) is 0 Å². The summed E-state index contributed by atoms with van der Waals surface area (Å²) in [5.74, 6) is 1.04. The van der Waals surface area contributed by atoms with Crippen molar-refractivity contribution in [1.29, 1.82) is 0 Å². The fourth-order valence-corrected chi connectivity index (χ4v) is 8.98. The van der Waals surface area contributed by atoms with E-state index in [1.165, 1.54) is 18.2 Å². The molecule has 6 heterocycles. The first-order valence-electron chi connectivity index (χ1n) is 20.8. The van der Waals surface area contributed by atoms with E-state index in [1.54, 1.807) is 73.8 Å². The van der Waals surface area contributed by atoms with Crippen molar-refractivity contribution in [2.45, 2.75) is 6.92 Å². The summed E-state index contributed by atoms with van der Waals surface area (Å²) in [6.07, 6.45) is 13.8. The highest BCUT2D eigenvalue weighted by molar-refractivity contribution is 6.14. The molecule has 0 aliphatic heterocycles. The Morgan fingerprint density at radius 1 is 0.354 bits per heavy atom. The largest absolute Gasteiger partial charge is 0.307 e. The van der Waals surface area contributed by atoms with Gasteiger partial charge in [-0.05, 0) is 139 Å². The van der Waals surface area contributed by atoms with Gasteiger partial charge in [0.15, 0.2) is 23.3 Å². The molecular weight excluding hydrogens is 815 g/mol. The first-order chi connectivity index (χ1) is 32.0. The lowest BCUT2D eigenvalue weighted by Gasteiger charge is -2.20. The number of nitrogens with zero attached hydrogens (tertiary/aromatic N) is 10.